The van der Waals surface area contributed by atoms with Gasteiger partial charge < -0.3 is 14.3 Å². The van der Waals surface area contributed by atoms with Gasteiger partial charge in [-0.05, 0) is 35.2 Å². The number of aromatic nitrogens is 1. The van der Waals surface area contributed by atoms with Gasteiger partial charge in [-0.2, -0.15) is 4.98 Å². The summed E-state index contributed by atoms with van der Waals surface area (Å²) in [6.45, 7) is 6.43. The molecule has 3 rings (SSSR count). The van der Waals surface area contributed by atoms with Gasteiger partial charge in [-0.3, -0.25) is 4.79 Å². The van der Waals surface area contributed by atoms with Crippen molar-refractivity contribution in [3.63, 3.8) is 0 Å². The fourth-order valence-electron chi connectivity index (χ4n) is 2.72. The minimum absolute atomic E-state index is 0.0488. The predicted octanol–water partition coefficient (Wildman–Crippen LogP) is 6.10. The van der Waals surface area contributed by atoms with Gasteiger partial charge in [0.25, 0.3) is 0 Å². The quantitative estimate of drug-likeness (QED) is 0.542. The Morgan fingerprint density at radius 3 is 2.32 bits per heavy atom. The van der Waals surface area contributed by atoms with Crippen molar-refractivity contribution in [1.29, 1.82) is 0 Å². The second-order valence-electron chi connectivity index (χ2n) is 7.53. The van der Waals surface area contributed by atoms with E-state index >= 15 is 0 Å². The van der Waals surface area contributed by atoms with Crippen LogP contribution in [0.15, 0.2) is 52.9 Å². The highest BCUT2D eigenvalue weighted by molar-refractivity contribution is 6.30. The number of benzene rings is 2. The number of hydrogen-bond acceptors (Lipinski definition) is 4. The molecule has 1 N–H and O–H groups in total. The van der Waals surface area contributed by atoms with Gasteiger partial charge in [0.1, 0.15) is 17.2 Å². The van der Waals surface area contributed by atoms with Crippen molar-refractivity contribution in [3.8, 4) is 23.1 Å². The molecule has 5 nitrogen and oxygen atoms in total. The zero-order chi connectivity index (χ0) is 20.3. The highest BCUT2D eigenvalue weighted by Gasteiger charge is 2.18. The van der Waals surface area contributed by atoms with Crippen LogP contribution in [0, 0.1) is 0 Å². The van der Waals surface area contributed by atoms with Gasteiger partial charge in [0.05, 0.1) is 6.42 Å². The van der Waals surface area contributed by atoms with Crippen LogP contribution in [0.2, 0.25) is 5.02 Å². The van der Waals surface area contributed by atoms with E-state index in [-0.39, 0.29) is 24.3 Å². The van der Waals surface area contributed by atoms with Crippen LogP contribution in [0.3, 0.4) is 0 Å². The van der Waals surface area contributed by atoms with Gasteiger partial charge in [-0.1, -0.05) is 56.6 Å². The van der Waals surface area contributed by atoms with E-state index < -0.39 is 5.97 Å². The summed E-state index contributed by atoms with van der Waals surface area (Å²) in [6, 6.07) is 14.9. The second kappa shape index (κ2) is 8.07. The molecule has 2 aromatic carbocycles. The Bertz CT molecular complexity index is 954. The molecular weight excluding hydrogens is 378 g/mol. The number of aryl methyl sites for hydroxylation is 1. The van der Waals surface area contributed by atoms with Crippen molar-refractivity contribution < 1.29 is 19.1 Å². The van der Waals surface area contributed by atoms with E-state index in [4.69, 9.17) is 25.9 Å². The number of ether oxygens (including phenoxy) is 1. The Kier molecular flexibility index (Phi) is 5.75. The second-order valence-corrected chi connectivity index (χ2v) is 7.97. The van der Waals surface area contributed by atoms with Crippen LogP contribution in [-0.2, 0) is 16.6 Å². The monoisotopic (exact) mass is 399 g/mol. The first-order valence-electron chi connectivity index (χ1n) is 8.98. The maximum absolute atomic E-state index is 11.0. The SMILES string of the molecule is CC(C)(C)c1ccc(Oc2nc(-c3ccc(Cl)cc3)c(CCC(=O)O)o2)cc1. The Labute approximate surface area is 168 Å². The summed E-state index contributed by atoms with van der Waals surface area (Å²) in [4.78, 5) is 15.4. The van der Waals surface area contributed by atoms with Crippen molar-refractivity contribution in [2.75, 3.05) is 0 Å². The lowest BCUT2D eigenvalue weighted by Gasteiger charge is -2.18. The minimum atomic E-state index is -0.904. The normalized spacial score (nSPS) is 11.4. The van der Waals surface area contributed by atoms with Gasteiger partial charge >= 0.3 is 12.0 Å². The lowest BCUT2D eigenvalue weighted by atomic mass is 9.87. The van der Waals surface area contributed by atoms with E-state index in [0.29, 0.717) is 22.2 Å². The number of rotatable bonds is 6. The van der Waals surface area contributed by atoms with Crippen LogP contribution in [0.4, 0.5) is 0 Å². The minimum Gasteiger partial charge on any atom is -0.481 e. The molecule has 0 unspecified atom stereocenters. The molecule has 6 heteroatoms. The van der Waals surface area contributed by atoms with E-state index in [9.17, 15) is 4.79 Å². The molecule has 146 valence electrons. The van der Waals surface area contributed by atoms with Crippen LogP contribution < -0.4 is 4.74 Å². The summed E-state index contributed by atoms with van der Waals surface area (Å²) >= 11 is 5.95. The molecule has 0 spiro atoms. The number of nitrogens with zero attached hydrogens (tertiary/aromatic N) is 1. The Morgan fingerprint density at radius 1 is 1.11 bits per heavy atom. The predicted molar refractivity (Wildman–Crippen MR) is 108 cm³/mol. The van der Waals surface area contributed by atoms with Crippen LogP contribution in [0.1, 0.15) is 38.5 Å². The maximum Gasteiger partial charge on any atom is 0.399 e. The highest BCUT2D eigenvalue weighted by Crippen LogP contribution is 2.32. The van der Waals surface area contributed by atoms with Crippen molar-refractivity contribution >= 4 is 17.6 Å². The van der Waals surface area contributed by atoms with Crippen molar-refractivity contribution in [2.24, 2.45) is 0 Å². The summed E-state index contributed by atoms with van der Waals surface area (Å²) in [5, 5.41) is 9.60. The fourth-order valence-corrected chi connectivity index (χ4v) is 2.85. The van der Waals surface area contributed by atoms with Crippen molar-refractivity contribution in [1.82, 2.24) is 4.98 Å². The van der Waals surface area contributed by atoms with E-state index in [2.05, 4.69) is 25.8 Å². The zero-order valence-corrected chi connectivity index (χ0v) is 16.8. The molecule has 1 aromatic heterocycles. The molecule has 0 bridgehead atoms. The number of carbonyl (C=O) groups is 1. The first-order valence-corrected chi connectivity index (χ1v) is 9.36. The molecule has 0 aliphatic carbocycles. The molecule has 0 aliphatic heterocycles. The standard InChI is InChI=1S/C22H22ClNO4/c1-22(2,3)15-6-10-17(11-7-15)27-21-24-20(14-4-8-16(23)9-5-14)18(28-21)12-13-19(25)26/h4-11H,12-13H2,1-3H3,(H,25,26). The number of halogens is 1. The zero-order valence-electron chi connectivity index (χ0n) is 16.0. The molecule has 3 aromatic rings. The number of oxazole rings is 1. The summed E-state index contributed by atoms with van der Waals surface area (Å²) in [6.07, 6.45) is 0.233. The van der Waals surface area contributed by atoms with Gasteiger partial charge in [0.2, 0.25) is 0 Å². The number of carboxylic acids is 1. The summed E-state index contributed by atoms with van der Waals surface area (Å²) < 4.78 is 11.5. The molecule has 0 saturated heterocycles. The van der Waals surface area contributed by atoms with Crippen LogP contribution in [0.5, 0.6) is 11.8 Å². The van der Waals surface area contributed by atoms with Crippen molar-refractivity contribution in [3.05, 3.63) is 64.9 Å². The number of carboxylic acid groups (broad SMARTS) is 1. The fraction of sp³-hybridized carbons (Fsp3) is 0.273. The molecule has 0 atom stereocenters. The average molecular weight is 400 g/mol. The number of aliphatic carboxylic acids is 1. The molecule has 1 heterocycles. The topological polar surface area (TPSA) is 72.6 Å². The Hall–Kier alpha value is -2.79. The third kappa shape index (κ3) is 4.93. The summed E-state index contributed by atoms with van der Waals surface area (Å²) in [5.74, 6) is 0.159. The molecule has 0 saturated carbocycles. The average Bonchev–Trinajstić information content (AvgIpc) is 3.03. The van der Waals surface area contributed by atoms with Crippen LogP contribution in [-0.4, -0.2) is 16.1 Å². The summed E-state index contributed by atoms with van der Waals surface area (Å²) in [5.41, 5.74) is 2.58. The maximum atomic E-state index is 11.0. The van der Waals surface area contributed by atoms with E-state index in [0.717, 1.165) is 5.56 Å². The lowest BCUT2D eigenvalue weighted by molar-refractivity contribution is -0.137. The van der Waals surface area contributed by atoms with Gasteiger partial charge in [-0.15, -0.1) is 0 Å². The smallest absolute Gasteiger partial charge is 0.399 e. The third-order valence-corrected chi connectivity index (χ3v) is 4.54. The first kappa shape index (κ1) is 20.0. The Balaban J connectivity index is 1.87. The largest absolute Gasteiger partial charge is 0.481 e. The van der Waals surface area contributed by atoms with E-state index in [1.165, 1.54) is 5.56 Å². The summed E-state index contributed by atoms with van der Waals surface area (Å²) in [7, 11) is 0. The van der Waals surface area contributed by atoms with Gasteiger partial charge in [0, 0.05) is 17.0 Å². The first-order chi connectivity index (χ1) is 13.2. The lowest BCUT2D eigenvalue weighted by Crippen LogP contribution is -2.10. The molecule has 0 amide bonds. The molecule has 0 radical (unpaired) electrons. The van der Waals surface area contributed by atoms with E-state index in [1.54, 1.807) is 12.1 Å². The van der Waals surface area contributed by atoms with Gasteiger partial charge in [0.15, 0.2) is 0 Å². The van der Waals surface area contributed by atoms with Crippen LogP contribution in [0.25, 0.3) is 11.3 Å². The highest BCUT2D eigenvalue weighted by atomic mass is 35.5. The van der Waals surface area contributed by atoms with Gasteiger partial charge in [-0.25, -0.2) is 0 Å². The van der Waals surface area contributed by atoms with Crippen molar-refractivity contribution in [2.45, 2.75) is 39.0 Å². The third-order valence-electron chi connectivity index (χ3n) is 4.29. The molecule has 0 fully saturated rings. The number of hydrogen-bond donors (Lipinski definition) is 1. The van der Waals surface area contributed by atoms with Crippen LogP contribution >= 0.6 is 11.6 Å². The molecule has 0 aliphatic rings. The Morgan fingerprint density at radius 2 is 1.75 bits per heavy atom. The molecular formula is C22H22ClNO4. The molecule has 28 heavy (non-hydrogen) atoms. The van der Waals surface area contributed by atoms with E-state index in [1.807, 2.05) is 36.4 Å².